The second-order valence-corrected chi connectivity index (χ2v) is 4.77. The summed E-state index contributed by atoms with van der Waals surface area (Å²) in [5, 5.41) is 0. The van der Waals surface area contributed by atoms with Gasteiger partial charge in [-0.25, -0.2) is 4.79 Å². The van der Waals surface area contributed by atoms with E-state index in [0.29, 0.717) is 18.4 Å². The Morgan fingerprint density at radius 1 is 1.25 bits per heavy atom. The lowest BCUT2D eigenvalue weighted by Crippen LogP contribution is -2.29. The van der Waals surface area contributed by atoms with E-state index < -0.39 is 6.29 Å². The van der Waals surface area contributed by atoms with Crippen LogP contribution in [0.4, 0.5) is 0 Å². The molecule has 108 valence electrons. The molecule has 1 aliphatic heterocycles. The van der Waals surface area contributed by atoms with Crippen LogP contribution in [0.15, 0.2) is 30.3 Å². The molecule has 0 aliphatic carbocycles. The molecule has 1 aromatic carbocycles. The molecule has 5 nitrogen and oxygen atoms in total. The first-order chi connectivity index (χ1) is 9.56. The third-order valence-corrected chi connectivity index (χ3v) is 3.14. The van der Waals surface area contributed by atoms with Gasteiger partial charge in [-0.05, 0) is 25.5 Å². The number of hydrogen-bond donors (Lipinski definition) is 0. The fourth-order valence-electron chi connectivity index (χ4n) is 2.14. The van der Waals surface area contributed by atoms with Crippen LogP contribution in [0.5, 0.6) is 0 Å². The van der Waals surface area contributed by atoms with Crippen molar-refractivity contribution in [3.05, 3.63) is 35.9 Å². The summed E-state index contributed by atoms with van der Waals surface area (Å²) >= 11 is 0. The van der Waals surface area contributed by atoms with Gasteiger partial charge in [0.1, 0.15) is 6.10 Å². The summed E-state index contributed by atoms with van der Waals surface area (Å²) in [5.41, 5.74) is 0.508. The summed E-state index contributed by atoms with van der Waals surface area (Å²) in [7, 11) is 0. The number of hydrogen-bond acceptors (Lipinski definition) is 5. The molecule has 0 bridgehead atoms. The van der Waals surface area contributed by atoms with E-state index in [0.717, 1.165) is 0 Å². The molecule has 1 saturated heterocycles. The molecule has 0 aromatic heterocycles. The van der Waals surface area contributed by atoms with E-state index in [1.165, 1.54) is 6.92 Å². The highest BCUT2D eigenvalue weighted by Crippen LogP contribution is 2.25. The minimum absolute atomic E-state index is 0.244. The second-order valence-electron chi connectivity index (χ2n) is 4.77. The molecule has 0 spiro atoms. The van der Waals surface area contributed by atoms with E-state index in [2.05, 4.69) is 0 Å². The number of carbonyl (C=O) groups excluding carboxylic acids is 2. The average molecular weight is 278 g/mol. The average Bonchev–Trinajstić information content (AvgIpc) is 2.87. The normalized spacial score (nSPS) is 23.1. The molecule has 1 aliphatic rings. The molecular weight excluding hydrogens is 260 g/mol. The zero-order chi connectivity index (χ0) is 14.5. The Hall–Kier alpha value is -1.88. The zero-order valence-electron chi connectivity index (χ0n) is 11.6. The largest absolute Gasteiger partial charge is 0.456 e. The number of esters is 2. The monoisotopic (exact) mass is 278 g/mol. The van der Waals surface area contributed by atoms with Crippen molar-refractivity contribution in [3.63, 3.8) is 0 Å². The predicted molar refractivity (Wildman–Crippen MR) is 71.0 cm³/mol. The van der Waals surface area contributed by atoms with Crippen LogP contribution >= 0.6 is 0 Å². The van der Waals surface area contributed by atoms with Crippen LogP contribution in [0, 0.1) is 0 Å². The highest BCUT2D eigenvalue weighted by atomic mass is 16.7. The van der Waals surface area contributed by atoms with Crippen LogP contribution in [0.1, 0.15) is 37.0 Å². The fraction of sp³-hybridized carbons (Fsp3) is 0.467. The maximum atomic E-state index is 11.9. The standard InChI is InChI=1S/C15H18O5/c1-10(13-8-9-14(20-13)19-11(2)16)18-15(17)12-6-4-3-5-7-12/h3-7,10,13-14H,8-9H2,1-2H3/t10?,13-,14?/m0/s1. The van der Waals surface area contributed by atoms with Crippen molar-refractivity contribution in [3.8, 4) is 0 Å². The highest BCUT2D eigenvalue weighted by Gasteiger charge is 2.33. The Kier molecular flexibility index (Phi) is 4.74. The van der Waals surface area contributed by atoms with Gasteiger partial charge in [-0.1, -0.05) is 18.2 Å². The fourth-order valence-corrected chi connectivity index (χ4v) is 2.14. The molecule has 3 atom stereocenters. The van der Waals surface area contributed by atoms with Gasteiger partial charge in [0.25, 0.3) is 0 Å². The number of benzene rings is 1. The van der Waals surface area contributed by atoms with Crippen molar-refractivity contribution in [2.24, 2.45) is 0 Å². The molecular formula is C15H18O5. The van der Waals surface area contributed by atoms with Gasteiger partial charge >= 0.3 is 11.9 Å². The zero-order valence-corrected chi connectivity index (χ0v) is 11.6. The molecule has 2 unspecified atom stereocenters. The van der Waals surface area contributed by atoms with Crippen molar-refractivity contribution in [1.82, 2.24) is 0 Å². The van der Waals surface area contributed by atoms with Gasteiger partial charge < -0.3 is 14.2 Å². The Labute approximate surface area is 117 Å². The van der Waals surface area contributed by atoms with E-state index in [1.54, 1.807) is 31.2 Å². The van der Waals surface area contributed by atoms with Crippen LogP contribution in [0.3, 0.4) is 0 Å². The van der Waals surface area contributed by atoms with Crippen molar-refractivity contribution < 1.29 is 23.8 Å². The van der Waals surface area contributed by atoms with E-state index in [9.17, 15) is 9.59 Å². The van der Waals surface area contributed by atoms with Crippen molar-refractivity contribution >= 4 is 11.9 Å². The Morgan fingerprint density at radius 3 is 2.60 bits per heavy atom. The topological polar surface area (TPSA) is 61.8 Å². The first kappa shape index (κ1) is 14.5. The first-order valence-electron chi connectivity index (χ1n) is 6.65. The smallest absolute Gasteiger partial charge is 0.338 e. The van der Waals surface area contributed by atoms with Crippen LogP contribution in [0.25, 0.3) is 0 Å². The molecule has 0 N–H and O–H groups in total. The summed E-state index contributed by atoms with van der Waals surface area (Å²) in [5.74, 6) is -0.748. The lowest BCUT2D eigenvalue weighted by Gasteiger charge is -2.20. The number of rotatable bonds is 4. The van der Waals surface area contributed by atoms with Crippen molar-refractivity contribution in [1.29, 1.82) is 0 Å². The highest BCUT2D eigenvalue weighted by molar-refractivity contribution is 5.89. The summed E-state index contributed by atoms with van der Waals surface area (Å²) in [6.07, 6.45) is 0.157. The minimum Gasteiger partial charge on any atom is -0.456 e. The maximum Gasteiger partial charge on any atom is 0.338 e. The predicted octanol–water partition coefficient (Wildman–Crippen LogP) is 2.30. The van der Waals surface area contributed by atoms with Crippen molar-refractivity contribution in [2.45, 2.75) is 45.2 Å². The van der Waals surface area contributed by atoms with E-state index in [-0.39, 0.29) is 24.1 Å². The molecule has 1 heterocycles. The Morgan fingerprint density at radius 2 is 1.95 bits per heavy atom. The Bertz CT molecular complexity index is 470. The van der Waals surface area contributed by atoms with Gasteiger partial charge in [-0.15, -0.1) is 0 Å². The van der Waals surface area contributed by atoms with Crippen LogP contribution in [-0.2, 0) is 19.0 Å². The second kappa shape index (κ2) is 6.52. The summed E-state index contributed by atoms with van der Waals surface area (Å²) in [6, 6.07) is 8.80. The van der Waals surface area contributed by atoms with Crippen molar-refractivity contribution in [2.75, 3.05) is 0 Å². The molecule has 0 amide bonds. The van der Waals surface area contributed by atoms with Crippen LogP contribution in [0.2, 0.25) is 0 Å². The summed E-state index contributed by atoms with van der Waals surface area (Å²) in [6.45, 7) is 3.12. The molecule has 0 saturated carbocycles. The third kappa shape index (κ3) is 3.81. The lowest BCUT2D eigenvalue weighted by atomic mass is 10.1. The summed E-state index contributed by atoms with van der Waals surface area (Å²) in [4.78, 5) is 22.8. The molecule has 2 rings (SSSR count). The van der Waals surface area contributed by atoms with E-state index in [4.69, 9.17) is 14.2 Å². The molecule has 0 radical (unpaired) electrons. The minimum atomic E-state index is -0.532. The van der Waals surface area contributed by atoms with E-state index >= 15 is 0 Å². The van der Waals surface area contributed by atoms with Gasteiger partial charge in [0, 0.05) is 13.3 Å². The van der Waals surface area contributed by atoms with Gasteiger partial charge in [0.2, 0.25) is 6.29 Å². The van der Waals surface area contributed by atoms with Crippen LogP contribution in [-0.4, -0.2) is 30.4 Å². The number of ether oxygens (including phenoxy) is 3. The molecule has 5 heteroatoms. The van der Waals surface area contributed by atoms with Gasteiger partial charge in [0.05, 0.1) is 11.7 Å². The first-order valence-corrected chi connectivity index (χ1v) is 6.65. The third-order valence-electron chi connectivity index (χ3n) is 3.14. The quantitative estimate of drug-likeness (QED) is 0.791. The SMILES string of the molecule is CC(=O)OC1CC[C@@H](C(C)OC(=O)c2ccccc2)O1. The Balaban J connectivity index is 1.85. The van der Waals surface area contributed by atoms with E-state index in [1.807, 2.05) is 6.07 Å². The van der Waals surface area contributed by atoms with Gasteiger partial charge in [-0.2, -0.15) is 0 Å². The molecule has 1 fully saturated rings. The maximum absolute atomic E-state index is 11.9. The lowest BCUT2D eigenvalue weighted by molar-refractivity contribution is -0.178. The number of carbonyl (C=O) groups is 2. The van der Waals surface area contributed by atoms with Gasteiger partial charge in [0.15, 0.2) is 0 Å². The molecule has 1 aromatic rings. The van der Waals surface area contributed by atoms with Crippen LogP contribution < -0.4 is 0 Å². The van der Waals surface area contributed by atoms with Gasteiger partial charge in [-0.3, -0.25) is 4.79 Å². The summed E-state index contributed by atoms with van der Waals surface area (Å²) < 4.78 is 15.9. The molecule has 20 heavy (non-hydrogen) atoms.